The summed E-state index contributed by atoms with van der Waals surface area (Å²) in [5.74, 6) is 1.37. The molecule has 2 nitrogen and oxygen atoms in total. The van der Waals surface area contributed by atoms with Crippen LogP contribution in [-0.2, 0) is 4.79 Å². The van der Waals surface area contributed by atoms with Crippen LogP contribution in [0.2, 0.25) is 0 Å². The van der Waals surface area contributed by atoms with Crippen LogP contribution in [0.3, 0.4) is 0 Å². The van der Waals surface area contributed by atoms with E-state index in [0.717, 1.165) is 18.6 Å². The van der Waals surface area contributed by atoms with Crippen molar-refractivity contribution < 1.29 is 4.79 Å². The first kappa shape index (κ1) is 7.92. The normalized spacial score (nSPS) is 24.9. The highest BCUT2D eigenvalue weighted by Gasteiger charge is 2.19. The molecule has 0 radical (unpaired) electrons. The van der Waals surface area contributed by atoms with Gasteiger partial charge in [-0.1, -0.05) is 6.92 Å². The molecule has 58 valence electrons. The molecule has 1 N–H and O–H groups in total. The average molecular weight is 159 g/mol. The summed E-state index contributed by atoms with van der Waals surface area (Å²) < 4.78 is 0. The second-order valence-corrected chi connectivity index (χ2v) is 3.78. The fourth-order valence-corrected chi connectivity index (χ4v) is 1.99. The van der Waals surface area contributed by atoms with Crippen molar-refractivity contribution in [2.45, 2.75) is 31.6 Å². The third-order valence-electron chi connectivity index (χ3n) is 1.48. The van der Waals surface area contributed by atoms with E-state index in [4.69, 9.17) is 0 Å². The Morgan fingerprint density at radius 3 is 3.10 bits per heavy atom. The minimum Gasteiger partial charge on any atom is -0.344 e. The zero-order chi connectivity index (χ0) is 7.40. The zero-order valence-electron chi connectivity index (χ0n) is 6.22. The molecule has 1 unspecified atom stereocenters. The van der Waals surface area contributed by atoms with Gasteiger partial charge in [0, 0.05) is 6.42 Å². The Balaban J connectivity index is 2.12. The van der Waals surface area contributed by atoms with E-state index in [9.17, 15) is 4.79 Å². The lowest BCUT2D eigenvalue weighted by Gasteiger charge is -2.06. The lowest BCUT2D eigenvalue weighted by molar-refractivity contribution is -0.119. The van der Waals surface area contributed by atoms with Gasteiger partial charge in [-0.25, -0.2) is 0 Å². The molecule has 1 heterocycles. The third-order valence-corrected chi connectivity index (χ3v) is 2.88. The molecule has 1 rings (SSSR count). The van der Waals surface area contributed by atoms with Crippen LogP contribution in [0.1, 0.15) is 26.2 Å². The number of carbonyl (C=O) groups excluding carboxylic acids is 1. The van der Waals surface area contributed by atoms with Crippen LogP contribution in [0.25, 0.3) is 0 Å². The molecule has 10 heavy (non-hydrogen) atoms. The summed E-state index contributed by atoms with van der Waals surface area (Å²) in [5.41, 5.74) is 0. The molecule has 1 saturated heterocycles. The van der Waals surface area contributed by atoms with E-state index in [-0.39, 0.29) is 5.91 Å². The minimum absolute atomic E-state index is 0.216. The zero-order valence-corrected chi connectivity index (χ0v) is 7.04. The van der Waals surface area contributed by atoms with E-state index in [1.165, 1.54) is 6.42 Å². The SMILES string of the molecule is CCCSC1CCC(=O)N1. The Bertz CT molecular complexity index is 127. The molecule has 1 aliphatic heterocycles. The van der Waals surface area contributed by atoms with Crippen molar-refractivity contribution in [1.82, 2.24) is 5.32 Å². The molecule has 3 heteroatoms. The quantitative estimate of drug-likeness (QED) is 0.673. The van der Waals surface area contributed by atoms with Crippen molar-refractivity contribution in [2.24, 2.45) is 0 Å². The summed E-state index contributed by atoms with van der Waals surface area (Å²) in [4.78, 5) is 10.7. The first-order chi connectivity index (χ1) is 4.83. The maximum atomic E-state index is 10.7. The van der Waals surface area contributed by atoms with E-state index >= 15 is 0 Å². The summed E-state index contributed by atoms with van der Waals surface area (Å²) in [6.07, 6.45) is 2.93. The third kappa shape index (κ3) is 2.21. The molecule has 1 atom stereocenters. The molecular weight excluding hydrogens is 146 g/mol. The van der Waals surface area contributed by atoms with Crippen LogP contribution in [0, 0.1) is 0 Å². The van der Waals surface area contributed by atoms with Gasteiger partial charge >= 0.3 is 0 Å². The minimum atomic E-state index is 0.216. The van der Waals surface area contributed by atoms with E-state index < -0.39 is 0 Å². The van der Waals surface area contributed by atoms with E-state index in [2.05, 4.69) is 12.2 Å². The lowest BCUT2D eigenvalue weighted by Crippen LogP contribution is -2.22. The summed E-state index contributed by atoms with van der Waals surface area (Å²) in [6.45, 7) is 2.16. The molecule has 0 aromatic carbocycles. The Labute approximate surface area is 65.8 Å². The van der Waals surface area contributed by atoms with Gasteiger partial charge in [0.25, 0.3) is 0 Å². The molecule has 0 aromatic rings. The number of hydrogen-bond donors (Lipinski definition) is 1. The summed E-state index contributed by atoms with van der Waals surface area (Å²) in [6, 6.07) is 0. The van der Waals surface area contributed by atoms with Crippen LogP contribution >= 0.6 is 11.8 Å². The van der Waals surface area contributed by atoms with E-state index in [1.807, 2.05) is 11.8 Å². The van der Waals surface area contributed by atoms with Crippen molar-refractivity contribution >= 4 is 17.7 Å². The predicted molar refractivity (Wildman–Crippen MR) is 43.9 cm³/mol. The highest BCUT2D eigenvalue weighted by molar-refractivity contribution is 7.99. The Kier molecular flexibility index (Phi) is 3.06. The number of nitrogens with one attached hydrogen (secondary N) is 1. The average Bonchev–Trinajstić information content (AvgIpc) is 2.31. The molecule has 0 spiro atoms. The Morgan fingerprint density at radius 1 is 1.80 bits per heavy atom. The van der Waals surface area contributed by atoms with Crippen LogP contribution < -0.4 is 5.32 Å². The van der Waals surface area contributed by atoms with Gasteiger partial charge in [-0.05, 0) is 18.6 Å². The van der Waals surface area contributed by atoms with Crippen molar-refractivity contribution in [2.75, 3.05) is 5.75 Å². The van der Waals surface area contributed by atoms with E-state index in [0.29, 0.717) is 5.37 Å². The molecular formula is C7H13NOS. The number of carbonyl (C=O) groups is 1. The molecule has 0 bridgehead atoms. The van der Waals surface area contributed by atoms with Gasteiger partial charge < -0.3 is 5.32 Å². The van der Waals surface area contributed by atoms with Gasteiger partial charge in [-0.3, -0.25) is 4.79 Å². The van der Waals surface area contributed by atoms with Crippen LogP contribution in [0.15, 0.2) is 0 Å². The van der Waals surface area contributed by atoms with Gasteiger partial charge in [-0.15, -0.1) is 11.8 Å². The van der Waals surface area contributed by atoms with Crippen LogP contribution in [0.5, 0.6) is 0 Å². The van der Waals surface area contributed by atoms with Gasteiger partial charge in [0.1, 0.15) is 0 Å². The molecule has 0 aromatic heterocycles. The standard InChI is InChI=1S/C7H13NOS/c1-2-5-10-7-4-3-6(9)8-7/h7H,2-5H2,1H3,(H,8,9). The lowest BCUT2D eigenvalue weighted by atomic mass is 10.4. The molecule has 0 saturated carbocycles. The number of rotatable bonds is 3. The largest absolute Gasteiger partial charge is 0.344 e. The maximum Gasteiger partial charge on any atom is 0.220 e. The summed E-state index contributed by atoms with van der Waals surface area (Å²) >= 11 is 1.86. The maximum absolute atomic E-state index is 10.7. The van der Waals surface area contributed by atoms with Crippen molar-refractivity contribution in [3.05, 3.63) is 0 Å². The van der Waals surface area contributed by atoms with Crippen molar-refractivity contribution in [3.8, 4) is 0 Å². The number of hydrogen-bond acceptors (Lipinski definition) is 2. The fraction of sp³-hybridized carbons (Fsp3) is 0.857. The topological polar surface area (TPSA) is 29.1 Å². The van der Waals surface area contributed by atoms with Crippen LogP contribution in [-0.4, -0.2) is 17.0 Å². The monoisotopic (exact) mass is 159 g/mol. The van der Waals surface area contributed by atoms with Gasteiger partial charge in [0.2, 0.25) is 5.91 Å². The first-order valence-electron chi connectivity index (χ1n) is 3.74. The second kappa shape index (κ2) is 3.86. The predicted octanol–water partition coefficient (Wildman–Crippen LogP) is 1.37. The second-order valence-electron chi connectivity index (χ2n) is 2.47. The number of thioether (sulfide) groups is 1. The fourth-order valence-electron chi connectivity index (χ4n) is 0.971. The highest BCUT2D eigenvalue weighted by atomic mass is 32.2. The van der Waals surface area contributed by atoms with Gasteiger partial charge in [0.05, 0.1) is 5.37 Å². The Hall–Kier alpha value is -0.180. The smallest absolute Gasteiger partial charge is 0.220 e. The van der Waals surface area contributed by atoms with Gasteiger partial charge in [0.15, 0.2) is 0 Å². The first-order valence-corrected chi connectivity index (χ1v) is 4.78. The molecule has 1 fully saturated rings. The molecule has 0 aliphatic carbocycles. The highest BCUT2D eigenvalue weighted by Crippen LogP contribution is 2.19. The van der Waals surface area contributed by atoms with Gasteiger partial charge in [-0.2, -0.15) is 0 Å². The van der Waals surface area contributed by atoms with E-state index in [1.54, 1.807) is 0 Å². The van der Waals surface area contributed by atoms with Crippen LogP contribution in [0.4, 0.5) is 0 Å². The summed E-state index contributed by atoms with van der Waals surface area (Å²) in [5, 5.41) is 3.32. The van der Waals surface area contributed by atoms with Crippen molar-refractivity contribution in [1.29, 1.82) is 0 Å². The molecule has 1 amide bonds. The van der Waals surface area contributed by atoms with Crippen molar-refractivity contribution in [3.63, 3.8) is 0 Å². The molecule has 1 aliphatic rings. The summed E-state index contributed by atoms with van der Waals surface area (Å²) in [7, 11) is 0. The Morgan fingerprint density at radius 2 is 2.60 bits per heavy atom. The number of amides is 1.